The number of fused-ring (bicyclic) bond motifs is 1. The van der Waals surface area contributed by atoms with Gasteiger partial charge in [0.25, 0.3) is 0 Å². The van der Waals surface area contributed by atoms with Crippen molar-refractivity contribution in [2.24, 2.45) is 0 Å². The van der Waals surface area contributed by atoms with Crippen LogP contribution in [0.5, 0.6) is 0 Å². The van der Waals surface area contributed by atoms with Crippen LogP contribution in [0.2, 0.25) is 0 Å². The van der Waals surface area contributed by atoms with E-state index in [1.807, 2.05) is 0 Å². The van der Waals surface area contributed by atoms with Crippen molar-refractivity contribution in [3.05, 3.63) is 29.8 Å². The summed E-state index contributed by atoms with van der Waals surface area (Å²) in [5, 5.41) is 11.8. The SMILES string of the molecule is OCCCNCCc1nc2ccc(F)cc2[nH]1. The second-order valence-electron chi connectivity index (χ2n) is 3.92. The Hall–Kier alpha value is -1.46. The molecule has 0 bridgehead atoms. The van der Waals surface area contributed by atoms with E-state index in [1.165, 1.54) is 12.1 Å². The monoisotopic (exact) mass is 237 g/mol. The summed E-state index contributed by atoms with van der Waals surface area (Å²) in [7, 11) is 0. The summed E-state index contributed by atoms with van der Waals surface area (Å²) < 4.78 is 13.0. The Morgan fingerprint density at radius 1 is 1.35 bits per heavy atom. The number of nitrogens with zero attached hydrogens (tertiary/aromatic N) is 1. The van der Waals surface area contributed by atoms with Crippen LogP contribution >= 0.6 is 0 Å². The minimum atomic E-state index is -0.256. The molecule has 0 aliphatic carbocycles. The number of aliphatic hydroxyl groups excluding tert-OH is 1. The predicted molar refractivity (Wildman–Crippen MR) is 64.3 cm³/mol. The van der Waals surface area contributed by atoms with Crippen molar-refractivity contribution in [2.75, 3.05) is 19.7 Å². The van der Waals surface area contributed by atoms with Gasteiger partial charge in [-0.3, -0.25) is 0 Å². The molecule has 3 N–H and O–H groups in total. The highest BCUT2D eigenvalue weighted by Crippen LogP contribution is 2.12. The van der Waals surface area contributed by atoms with Gasteiger partial charge in [0.15, 0.2) is 0 Å². The van der Waals surface area contributed by atoms with Crippen molar-refractivity contribution < 1.29 is 9.50 Å². The molecule has 0 spiro atoms. The molecule has 92 valence electrons. The number of hydrogen-bond donors (Lipinski definition) is 3. The molecule has 1 heterocycles. The lowest BCUT2D eigenvalue weighted by Gasteiger charge is -2.00. The van der Waals surface area contributed by atoms with Crippen molar-refractivity contribution >= 4 is 11.0 Å². The van der Waals surface area contributed by atoms with Crippen LogP contribution in [0.1, 0.15) is 12.2 Å². The van der Waals surface area contributed by atoms with Gasteiger partial charge in [-0.2, -0.15) is 0 Å². The number of aromatic amines is 1. The molecule has 0 radical (unpaired) electrons. The first-order valence-electron chi connectivity index (χ1n) is 5.75. The highest BCUT2D eigenvalue weighted by atomic mass is 19.1. The minimum Gasteiger partial charge on any atom is -0.396 e. The molecule has 2 aromatic rings. The number of rotatable bonds is 6. The molecular formula is C12H16FN3O. The second-order valence-corrected chi connectivity index (χ2v) is 3.92. The van der Waals surface area contributed by atoms with Gasteiger partial charge >= 0.3 is 0 Å². The van der Waals surface area contributed by atoms with E-state index in [2.05, 4.69) is 15.3 Å². The fourth-order valence-corrected chi connectivity index (χ4v) is 1.69. The third kappa shape index (κ3) is 3.25. The Balaban J connectivity index is 1.91. The molecule has 4 nitrogen and oxygen atoms in total. The maximum atomic E-state index is 13.0. The van der Waals surface area contributed by atoms with Gasteiger partial charge in [-0.05, 0) is 31.2 Å². The highest BCUT2D eigenvalue weighted by molar-refractivity contribution is 5.74. The molecule has 0 fully saturated rings. The zero-order valence-corrected chi connectivity index (χ0v) is 9.54. The lowest BCUT2D eigenvalue weighted by Crippen LogP contribution is -2.19. The topological polar surface area (TPSA) is 60.9 Å². The average Bonchev–Trinajstić information content (AvgIpc) is 2.70. The number of aromatic nitrogens is 2. The van der Waals surface area contributed by atoms with Crippen molar-refractivity contribution in [3.8, 4) is 0 Å². The number of imidazole rings is 1. The highest BCUT2D eigenvalue weighted by Gasteiger charge is 2.03. The molecule has 0 unspecified atom stereocenters. The van der Waals surface area contributed by atoms with E-state index in [-0.39, 0.29) is 12.4 Å². The zero-order chi connectivity index (χ0) is 12.1. The van der Waals surface area contributed by atoms with Crippen LogP contribution < -0.4 is 5.32 Å². The van der Waals surface area contributed by atoms with Crippen LogP contribution in [-0.4, -0.2) is 34.8 Å². The lowest BCUT2D eigenvalue weighted by molar-refractivity contribution is 0.286. The summed E-state index contributed by atoms with van der Waals surface area (Å²) in [6.07, 6.45) is 1.52. The van der Waals surface area contributed by atoms with E-state index < -0.39 is 0 Å². The Bertz CT molecular complexity index is 484. The molecule has 5 heteroatoms. The Kier molecular flexibility index (Phi) is 4.06. The summed E-state index contributed by atoms with van der Waals surface area (Å²) in [5.41, 5.74) is 1.52. The van der Waals surface area contributed by atoms with Gasteiger partial charge in [0.05, 0.1) is 11.0 Å². The second kappa shape index (κ2) is 5.75. The van der Waals surface area contributed by atoms with E-state index in [0.717, 1.165) is 42.8 Å². The Morgan fingerprint density at radius 3 is 3.06 bits per heavy atom. The van der Waals surface area contributed by atoms with Crippen LogP contribution in [0.15, 0.2) is 18.2 Å². The van der Waals surface area contributed by atoms with Gasteiger partial charge < -0.3 is 15.4 Å². The largest absolute Gasteiger partial charge is 0.396 e. The van der Waals surface area contributed by atoms with Crippen molar-refractivity contribution in [1.82, 2.24) is 15.3 Å². The fourth-order valence-electron chi connectivity index (χ4n) is 1.69. The third-order valence-corrected chi connectivity index (χ3v) is 2.54. The van der Waals surface area contributed by atoms with Crippen LogP contribution in [0, 0.1) is 5.82 Å². The molecule has 1 aromatic carbocycles. The maximum absolute atomic E-state index is 13.0. The normalized spacial score (nSPS) is 11.2. The number of nitrogens with one attached hydrogen (secondary N) is 2. The van der Waals surface area contributed by atoms with Crippen molar-refractivity contribution in [3.63, 3.8) is 0 Å². The fraction of sp³-hybridized carbons (Fsp3) is 0.417. The summed E-state index contributed by atoms with van der Waals surface area (Å²) in [4.78, 5) is 7.45. The zero-order valence-electron chi connectivity index (χ0n) is 9.54. The molecule has 0 aliphatic heterocycles. The quantitative estimate of drug-likeness (QED) is 0.662. The van der Waals surface area contributed by atoms with Gasteiger partial charge in [0.2, 0.25) is 0 Å². The minimum absolute atomic E-state index is 0.205. The van der Waals surface area contributed by atoms with Gasteiger partial charge in [-0.25, -0.2) is 9.37 Å². The number of hydrogen-bond acceptors (Lipinski definition) is 3. The molecule has 0 amide bonds. The third-order valence-electron chi connectivity index (χ3n) is 2.54. The first-order valence-corrected chi connectivity index (χ1v) is 5.75. The van der Waals surface area contributed by atoms with Crippen molar-refractivity contribution in [1.29, 1.82) is 0 Å². The van der Waals surface area contributed by atoms with E-state index in [0.29, 0.717) is 0 Å². The molecule has 0 saturated carbocycles. The Morgan fingerprint density at radius 2 is 2.24 bits per heavy atom. The van der Waals surface area contributed by atoms with Crippen LogP contribution in [0.4, 0.5) is 4.39 Å². The number of aliphatic hydroxyl groups is 1. The first kappa shape index (κ1) is 12.0. The summed E-state index contributed by atoms with van der Waals surface area (Å²) >= 11 is 0. The molecule has 0 aliphatic rings. The molecule has 2 rings (SSSR count). The number of H-pyrrole nitrogens is 1. The molecule has 1 aromatic heterocycles. The van der Waals surface area contributed by atoms with Gasteiger partial charge in [-0.15, -0.1) is 0 Å². The van der Waals surface area contributed by atoms with E-state index in [4.69, 9.17) is 5.11 Å². The van der Waals surface area contributed by atoms with Gasteiger partial charge in [-0.1, -0.05) is 0 Å². The smallest absolute Gasteiger partial charge is 0.125 e. The molecule has 0 atom stereocenters. The lowest BCUT2D eigenvalue weighted by atomic mass is 10.3. The summed E-state index contributed by atoms with van der Waals surface area (Å²) in [5.74, 6) is 0.593. The molecular weight excluding hydrogens is 221 g/mol. The first-order chi connectivity index (χ1) is 8.29. The van der Waals surface area contributed by atoms with E-state index >= 15 is 0 Å². The maximum Gasteiger partial charge on any atom is 0.125 e. The van der Waals surface area contributed by atoms with Gasteiger partial charge in [0, 0.05) is 19.6 Å². The average molecular weight is 237 g/mol. The van der Waals surface area contributed by atoms with Crippen LogP contribution in [-0.2, 0) is 6.42 Å². The van der Waals surface area contributed by atoms with Crippen LogP contribution in [0.3, 0.4) is 0 Å². The molecule has 17 heavy (non-hydrogen) atoms. The van der Waals surface area contributed by atoms with E-state index in [9.17, 15) is 4.39 Å². The Labute approximate surface area is 98.9 Å². The van der Waals surface area contributed by atoms with Crippen LogP contribution in [0.25, 0.3) is 11.0 Å². The number of benzene rings is 1. The molecule has 0 saturated heterocycles. The predicted octanol–water partition coefficient (Wildman–Crippen LogP) is 1.22. The summed E-state index contributed by atoms with van der Waals surface area (Å²) in [6, 6.07) is 4.53. The van der Waals surface area contributed by atoms with Crippen molar-refractivity contribution in [2.45, 2.75) is 12.8 Å². The number of halogens is 1. The van der Waals surface area contributed by atoms with Gasteiger partial charge in [0.1, 0.15) is 11.6 Å². The van der Waals surface area contributed by atoms with E-state index in [1.54, 1.807) is 6.07 Å². The standard InChI is InChI=1S/C12H16FN3O/c13-9-2-3-10-11(8-9)16-12(15-10)4-6-14-5-1-7-17/h2-3,8,14,17H,1,4-7H2,(H,15,16). The summed E-state index contributed by atoms with van der Waals surface area (Å²) in [6.45, 7) is 1.80.